The molecule has 2 aromatic heterocycles. The van der Waals surface area contributed by atoms with Crippen LogP contribution in [0.5, 0.6) is 0 Å². The van der Waals surface area contributed by atoms with Crippen molar-refractivity contribution in [3.05, 3.63) is 41.7 Å². The van der Waals surface area contributed by atoms with Crippen LogP contribution in [-0.2, 0) is 0 Å². The van der Waals surface area contributed by atoms with Crippen LogP contribution in [0.15, 0.2) is 30.5 Å². The Kier molecular flexibility index (Phi) is 4.10. The van der Waals surface area contributed by atoms with Crippen molar-refractivity contribution in [1.29, 1.82) is 0 Å². The number of carbonyl (C=O) groups excluding carboxylic acids is 1. The van der Waals surface area contributed by atoms with Gasteiger partial charge in [0, 0.05) is 26.8 Å². The molecule has 0 bridgehead atoms. The normalized spacial score (nSPS) is 17.3. The number of amides is 1. The fraction of sp³-hybridized carbons (Fsp3) is 0.375. The molecule has 23 heavy (non-hydrogen) atoms. The molecule has 1 amide bonds. The third kappa shape index (κ3) is 3.08. The number of nitrogens with two attached hydrogens (primary N) is 1. The molecule has 3 rings (SSSR count). The highest BCUT2D eigenvalue weighted by Crippen LogP contribution is 2.32. The van der Waals surface area contributed by atoms with Gasteiger partial charge in [-0.3, -0.25) is 4.79 Å². The Balaban J connectivity index is 1.81. The predicted molar refractivity (Wildman–Crippen MR) is 88.0 cm³/mol. The number of aromatic nitrogens is 3. The highest BCUT2D eigenvalue weighted by Gasteiger charge is 2.31. The summed E-state index contributed by atoms with van der Waals surface area (Å²) in [5.74, 6) is 1.18. The average Bonchev–Trinajstić information content (AvgIpc) is 3.04. The van der Waals surface area contributed by atoms with Crippen LogP contribution < -0.4 is 10.6 Å². The highest BCUT2D eigenvalue weighted by atomic mass is 16.2. The molecule has 2 N–H and O–H groups in total. The molecule has 1 aliphatic heterocycles. The Morgan fingerprint density at radius 3 is 2.70 bits per heavy atom. The minimum Gasteiger partial charge on any atom is -0.382 e. The number of hydrogen-bond acceptors (Lipinski definition) is 6. The van der Waals surface area contributed by atoms with Crippen LogP contribution in [0.25, 0.3) is 0 Å². The minimum atomic E-state index is -0.0517. The lowest BCUT2D eigenvalue weighted by Gasteiger charge is -2.24. The van der Waals surface area contributed by atoms with Crippen LogP contribution in [0, 0.1) is 0 Å². The van der Waals surface area contributed by atoms with E-state index in [9.17, 15) is 4.79 Å². The fourth-order valence-corrected chi connectivity index (χ4v) is 2.79. The van der Waals surface area contributed by atoms with Gasteiger partial charge in [0.15, 0.2) is 0 Å². The zero-order chi connectivity index (χ0) is 16.4. The van der Waals surface area contributed by atoms with Gasteiger partial charge < -0.3 is 15.5 Å². The zero-order valence-electron chi connectivity index (χ0n) is 13.3. The fourth-order valence-electron chi connectivity index (χ4n) is 2.79. The molecule has 1 atom stereocenters. The van der Waals surface area contributed by atoms with Crippen LogP contribution in [-0.4, -0.2) is 46.6 Å². The number of carbonyl (C=O) groups is 1. The number of rotatable bonds is 3. The standard InChI is InChI=1S/C16H20N6O/c1-21(2)15-8-5-11(10-18-15)16(23)22-9-3-4-13(22)12-6-7-14(17)20-19-12/h5-8,10,13H,3-4,9H2,1-2H3,(H2,17,20). The second-order valence-electron chi connectivity index (χ2n) is 5.84. The van der Waals surface area contributed by atoms with Gasteiger partial charge in [0.2, 0.25) is 0 Å². The van der Waals surface area contributed by atoms with E-state index in [4.69, 9.17) is 5.73 Å². The van der Waals surface area contributed by atoms with Gasteiger partial charge in [-0.1, -0.05) is 0 Å². The van der Waals surface area contributed by atoms with E-state index in [1.54, 1.807) is 12.3 Å². The lowest BCUT2D eigenvalue weighted by atomic mass is 10.1. The molecule has 0 aliphatic carbocycles. The number of hydrogen-bond donors (Lipinski definition) is 1. The van der Waals surface area contributed by atoms with Crippen molar-refractivity contribution in [2.45, 2.75) is 18.9 Å². The summed E-state index contributed by atoms with van der Waals surface area (Å²) in [6, 6.07) is 7.17. The van der Waals surface area contributed by atoms with Gasteiger partial charge in [0.25, 0.3) is 5.91 Å². The van der Waals surface area contributed by atoms with E-state index < -0.39 is 0 Å². The van der Waals surface area contributed by atoms with E-state index in [-0.39, 0.29) is 11.9 Å². The summed E-state index contributed by atoms with van der Waals surface area (Å²) in [7, 11) is 3.83. The largest absolute Gasteiger partial charge is 0.382 e. The molecular weight excluding hydrogens is 292 g/mol. The van der Waals surface area contributed by atoms with Crippen molar-refractivity contribution >= 4 is 17.5 Å². The Bertz CT molecular complexity index is 683. The van der Waals surface area contributed by atoms with Crippen LogP contribution in [0.2, 0.25) is 0 Å². The molecule has 2 aromatic rings. The quantitative estimate of drug-likeness (QED) is 0.924. The van der Waals surface area contributed by atoms with Crippen LogP contribution in [0.1, 0.15) is 34.9 Å². The molecule has 0 saturated carbocycles. The van der Waals surface area contributed by atoms with Gasteiger partial charge in [0.1, 0.15) is 11.6 Å². The van der Waals surface area contributed by atoms with Crippen molar-refractivity contribution in [2.24, 2.45) is 0 Å². The Hall–Kier alpha value is -2.70. The predicted octanol–water partition coefficient (Wildman–Crippen LogP) is 1.50. The van der Waals surface area contributed by atoms with Crippen molar-refractivity contribution in [1.82, 2.24) is 20.1 Å². The van der Waals surface area contributed by atoms with E-state index in [1.165, 1.54) is 0 Å². The maximum Gasteiger partial charge on any atom is 0.255 e. The molecule has 3 heterocycles. The summed E-state index contributed by atoms with van der Waals surface area (Å²) in [6.45, 7) is 0.713. The van der Waals surface area contributed by atoms with Crippen molar-refractivity contribution in [3.63, 3.8) is 0 Å². The maximum atomic E-state index is 12.8. The second kappa shape index (κ2) is 6.20. The topological polar surface area (TPSA) is 88.2 Å². The Morgan fingerprint density at radius 2 is 2.09 bits per heavy atom. The van der Waals surface area contributed by atoms with E-state index in [1.807, 2.05) is 42.1 Å². The number of nitrogens with zero attached hydrogens (tertiary/aromatic N) is 5. The molecule has 1 fully saturated rings. The second-order valence-corrected chi connectivity index (χ2v) is 5.84. The molecule has 1 unspecified atom stereocenters. The van der Waals surface area contributed by atoms with Crippen LogP contribution in [0.3, 0.4) is 0 Å². The van der Waals surface area contributed by atoms with Gasteiger partial charge in [-0.25, -0.2) is 4.98 Å². The smallest absolute Gasteiger partial charge is 0.255 e. The SMILES string of the molecule is CN(C)c1ccc(C(=O)N2CCCC2c2ccc(N)nn2)cn1. The van der Waals surface area contributed by atoms with Crippen LogP contribution >= 0.6 is 0 Å². The summed E-state index contributed by atoms with van der Waals surface area (Å²) >= 11 is 0. The molecular formula is C16H20N6O. The van der Waals surface area contributed by atoms with Gasteiger partial charge in [0.05, 0.1) is 17.3 Å². The van der Waals surface area contributed by atoms with Crippen LogP contribution in [0.4, 0.5) is 11.6 Å². The van der Waals surface area contributed by atoms with Gasteiger partial charge in [-0.2, -0.15) is 5.10 Å². The molecule has 1 saturated heterocycles. The average molecular weight is 312 g/mol. The van der Waals surface area contributed by atoms with E-state index >= 15 is 0 Å². The van der Waals surface area contributed by atoms with Crippen molar-refractivity contribution in [3.8, 4) is 0 Å². The number of nitrogen functional groups attached to an aromatic ring is 1. The highest BCUT2D eigenvalue weighted by molar-refractivity contribution is 5.94. The minimum absolute atomic E-state index is 0.0241. The van der Waals surface area contributed by atoms with E-state index in [0.717, 1.165) is 24.4 Å². The van der Waals surface area contributed by atoms with Gasteiger partial charge in [-0.05, 0) is 37.1 Å². The first-order valence-corrected chi connectivity index (χ1v) is 7.59. The van der Waals surface area contributed by atoms with Gasteiger partial charge in [-0.15, -0.1) is 5.10 Å². The van der Waals surface area contributed by atoms with Crippen molar-refractivity contribution < 1.29 is 4.79 Å². The monoisotopic (exact) mass is 312 g/mol. The summed E-state index contributed by atoms with van der Waals surface area (Å²) in [6.07, 6.45) is 3.46. The molecule has 1 aliphatic rings. The molecule has 7 heteroatoms. The lowest BCUT2D eigenvalue weighted by Crippen LogP contribution is -2.31. The lowest BCUT2D eigenvalue weighted by molar-refractivity contribution is 0.0732. The van der Waals surface area contributed by atoms with Crippen molar-refractivity contribution in [2.75, 3.05) is 31.3 Å². The van der Waals surface area contributed by atoms with E-state index in [2.05, 4.69) is 15.2 Å². The van der Waals surface area contributed by atoms with Gasteiger partial charge >= 0.3 is 0 Å². The first-order valence-electron chi connectivity index (χ1n) is 7.59. The summed E-state index contributed by atoms with van der Waals surface area (Å²) < 4.78 is 0. The molecule has 120 valence electrons. The summed E-state index contributed by atoms with van der Waals surface area (Å²) in [4.78, 5) is 20.8. The molecule has 0 aromatic carbocycles. The molecule has 0 spiro atoms. The first kappa shape index (κ1) is 15.2. The van der Waals surface area contributed by atoms with E-state index in [0.29, 0.717) is 17.9 Å². The molecule has 7 nitrogen and oxygen atoms in total. The molecule has 0 radical (unpaired) electrons. The summed E-state index contributed by atoms with van der Waals surface area (Å²) in [5.41, 5.74) is 6.95. The number of pyridine rings is 1. The third-order valence-electron chi connectivity index (χ3n) is 4.01. The first-order chi connectivity index (χ1) is 11.1. The maximum absolute atomic E-state index is 12.8. The number of anilines is 2. The summed E-state index contributed by atoms with van der Waals surface area (Å²) in [5, 5.41) is 8.03. The third-order valence-corrected chi connectivity index (χ3v) is 4.01. The Morgan fingerprint density at radius 1 is 1.26 bits per heavy atom. The number of likely N-dealkylation sites (tertiary alicyclic amines) is 1. The zero-order valence-corrected chi connectivity index (χ0v) is 13.3. The Labute approximate surface area is 135 Å².